The molecule has 0 radical (unpaired) electrons. The third-order valence-corrected chi connectivity index (χ3v) is 7.69. The zero-order valence-electron chi connectivity index (χ0n) is 19.7. The fraction of sp³-hybridized carbons (Fsp3) is 0.346. The summed E-state index contributed by atoms with van der Waals surface area (Å²) in [6, 6.07) is 16.0. The van der Waals surface area contributed by atoms with Crippen LogP contribution >= 0.6 is 11.3 Å². The molecule has 0 saturated carbocycles. The smallest absolute Gasteiger partial charge is 0.225 e. The molecule has 0 spiro atoms. The molecule has 5 rings (SSSR count). The predicted molar refractivity (Wildman–Crippen MR) is 136 cm³/mol. The van der Waals surface area contributed by atoms with Gasteiger partial charge >= 0.3 is 0 Å². The molecule has 34 heavy (non-hydrogen) atoms. The maximum atomic E-state index is 12.9. The molecule has 1 aliphatic heterocycles. The van der Waals surface area contributed by atoms with Crippen molar-refractivity contribution in [3.05, 3.63) is 65.4 Å². The monoisotopic (exact) mass is 475 g/mol. The first-order valence-electron chi connectivity index (χ1n) is 11.6. The van der Waals surface area contributed by atoms with E-state index in [1.807, 2.05) is 48.0 Å². The first kappa shape index (κ1) is 22.4. The average Bonchev–Trinajstić information content (AvgIpc) is 3.44. The van der Waals surface area contributed by atoms with E-state index in [1.54, 1.807) is 18.4 Å². The molecule has 3 heterocycles. The van der Waals surface area contributed by atoms with Crippen LogP contribution in [0.3, 0.4) is 0 Å². The number of methoxy groups -OCH3 is 1. The third kappa shape index (κ3) is 4.37. The topological polar surface area (TPSA) is 72.3 Å². The number of aromatic nitrogens is 3. The van der Waals surface area contributed by atoms with E-state index in [0.717, 1.165) is 57.6 Å². The summed E-state index contributed by atoms with van der Waals surface area (Å²) in [5.74, 6) is 0.890. The van der Waals surface area contributed by atoms with Gasteiger partial charge < -0.3 is 15.0 Å². The number of nitrogens with zero attached hydrogens (tertiary/aromatic N) is 4. The highest BCUT2D eigenvalue weighted by atomic mass is 32.1. The number of benzene rings is 2. The Bertz CT molecular complexity index is 1310. The van der Waals surface area contributed by atoms with Crippen molar-refractivity contribution in [2.75, 3.05) is 25.1 Å². The second kappa shape index (κ2) is 9.46. The largest absolute Gasteiger partial charge is 0.497 e. The summed E-state index contributed by atoms with van der Waals surface area (Å²) in [6.07, 6.45) is 1.88. The lowest BCUT2D eigenvalue weighted by atomic mass is 9.97. The Morgan fingerprint density at radius 3 is 2.74 bits per heavy atom. The number of ether oxygens (including phenoxy) is 1. The predicted octanol–water partition coefficient (Wildman–Crippen LogP) is 4.64. The van der Waals surface area contributed by atoms with Crippen molar-refractivity contribution in [2.24, 2.45) is 5.92 Å². The second-order valence-electron chi connectivity index (χ2n) is 8.77. The molecule has 8 heteroatoms. The molecule has 176 valence electrons. The highest BCUT2D eigenvalue weighted by molar-refractivity contribution is 7.22. The Kier molecular flexibility index (Phi) is 6.24. The number of nitrogens with one attached hydrogen (secondary N) is 1. The highest BCUT2D eigenvalue weighted by Crippen LogP contribution is 2.34. The number of carbonyl (C=O) groups is 1. The lowest BCUT2D eigenvalue weighted by Gasteiger charge is -2.31. The van der Waals surface area contributed by atoms with Crippen LogP contribution in [0.2, 0.25) is 0 Å². The first-order chi connectivity index (χ1) is 16.5. The molecule has 1 aliphatic rings. The lowest BCUT2D eigenvalue weighted by molar-refractivity contribution is -0.125. The summed E-state index contributed by atoms with van der Waals surface area (Å²) in [6.45, 7) is 6.26. The number of anilines is 1. The lowest BCUT2D eigenvalue weighted by Crippen LogP contribution is -2.43. The van der Waals surface area contributed by atoms with E-state index >= 15 is 0 Å². The zero-order chi connectivity index (χ0) is 23.7. The van der Waals surface area contributed by atoms with Crippen LogP contribution in [0.5, 0.6) is 5.75 Å². The van der Waals surface area contributed by atoms with Gasteiger partial charge in [0, 0.05) is 19.6 Å². The Balaban J connectivity index is 1.32. The molecule has 2 aromatic carbocycles. The Morgan fingerprint density at radius 1 is 1.18 bits per heavy atom. The number of rotatable bonds is 6. The van der Waals surface area contributed by atoms with Gasteiger partial charge in [0.25, 0.3) is 0 Å². The summed E-state index contributed by atoms with van der Waals surface area (Å²) >= 11 is 1.65. The van der Waals surface area contributed by atoms with Gasteiger partial charge in [0.15, 0.2) is 10.8 Å². The fourth-order valence-electron chi connectivity index (χ4n) is 4.46. The highest BCUT2D eigenvalue weighted by Gasteiger charge is 2.28. The number of amides is 1. The van der Waals surface area contributed by atoms with Gasteiger partial charge in [0.1, 0.15) is 5.75 Å². The van der Waals surface area contributed by atoms with E-state index in [0.29, 0.717) is 13.1 Å². The average molecular weight is 476 g/mol. The molecule has 0 aliphatic carbocycles. The van der Waals surface area contributed by atoms with Gasteiger partial charge in [-0.3, -0.25) is 4.79 Å². The summed E-state index contributed by atoms with van der Waals surface area (Å²) in [7, 11) is 1.66. The molecule has 1 fully saturated rings. The van der Waals surface area contributed by atoms with Crippen molar-refractivity contribution < 1.29 is 9.53 Å². The van der Waals surface area contributed by atoms with E-state index in [4.69, 9.17) is 14.8 Å². The van der Waals surface area contributed by atoms with Crippen LogP contribution in [0.25, 0.3) is 16.0 Å². The normalized spacial score (nSPS) is 16.1. The van der Waals surface area contributed by atoms with Gasteiger partial charge in [0.05, 0.1) is 29.1 Å². The maximum Gasteiger partial charge on any atom is 0.225 e. The number of thiazole rings is 1. The van der Waals surface area contributed by atoms with Crippen molar-refractivity contribution >= 4 is 32.7 Å². The standard InChI is InChI=1S/C26H29N5O2S/c1-17-7-4-5-8-19(17)15-27-25(32)20-9-6-14-30(16-20)26-28-24-23(34-26)18(2)29-31(24)21-10-12-22(33-3)13-11-21/h4-5,7-8,10-13,20H,6,9,14-16H2,1-3H3,(H,27,32)/t20-/m1/s1. The summed E-state index contributed by atoms with van der Waals surface area (Å²) in [5.41, 5.74) is 5.12. The van der Waals surface area contributed by atoms with Gasteiger partial charge in [-0.05, 0) is 62.1 Å². The van der Waals surface area contributed by atoms with Crippen LogP contribution in [0.4, 0.5) is 5.13 Å². The molecule has 1 saturated heterocycles. The summed E-state index contributed by atoms with van der Waals surface area (Å²) in [5, 5.41) is 8.80. The van der Waals surface area contributed by atoms with Crippen molar-refractivity contribution in [1.82, 2.24) is 20.1 Å². The van der Waals surface area contributed by atoms with E-state index in [2.05, 4.69) is 29.3 Å². The van der Waals surface area contributed by atoms with Crippen molar-refractivity contribution in [1.29, 1.82) is 0 Å². The Hall–Kier alpha value is -3.39. The van der Waals surface area contributed by atoms with Crippen LogP contribution in [-0.2, 0) is 11.3 Å². The van der Waals surface area contributed by atoms with Crippen molar-refractivity contribution in [2.45, 2.75) is 33.2 Å². The number of aryl methyl sites for hydroxylation is 2. The molecular weight excluding hydrogens is 446 g/mol. The molecular formula is C26H29N5O2S. The molecule has 1 N–H and O–H groups in total. The van der Waals surface area contributed by atoms with Gasteiger partial charge in [-0.15, -0.1) is 0 Å². The zero-order valence-corrected chi connectivity index (χ0v) is 20.6. The van der Waals surface area contributed by atoms with Gasteiger partial charge in [-0.1, -0.05) is 35.6 Å². The number of piperidine rings is 1. The number of hydrogen-bond donors (Lipinski definition) is 1. The minimum Gasteiger partial charge on any atom is -0.497 e. The van der Waals surface area contributed by atoms with Crippen LogP contribution in [0, 0.1) is 19.8 Å². The molecule has 0 bridgehead atoms. The number of fused-ring (bicyclic) bond motifs is 1. The summed E-state index contributed by atoms with van der Waals surface area (Å²) in [4.78, 5) is 20.2. The Labute approximate surface area is 203 Å². The molecule has 2 aromatic heterocycles. The van der Waals surface area contributed by atoms with Crippen molar-refractivity contribution in [3.63, 3.8) is 0 Å². The molecule has 1 amide bonds. The molecule has 0 unspecified atom stereocenters. The van der Waals surface area contributed by atoms with E-state index in [9.17, 15) is 4.79 Å². The number of carbonyl (C=O) groups excluding carboxylic acids is 1. The second-order valence-corrected chi connectivity index (χ2v) is 9.75. The quantitative estimate of drug-likeness (QED) is 0.440. The minimum absolute atomic E-state index is 0.0380. The van der Waals surface area contributed by atoms with E-state index < -0.39 is 0 Å². The summed E-state index contributed by atoms with van der Waals surface area (Å²) < 4.78 is 8.25. The number of hydrogen-bond acceptors (Lipinski definition) is 6. The van der Waals surface area contributed by atoms with Gasteiger partial charge in [-0.25, -0.2) is 4.68 Å². The van der Waals surface area contributed by atoms with Crippen LogP contribution < -0.4 is 15.0 Å². The van der Waals surface area contributed by atoms with Crippen LogP contribution in [0.15, 0.2) is 48.5 Å². The van der Waals surface area contributed by atoms with E-state index in [-0.39, 0.29) is 11.8 Å². The molecule has 7 nitrogen and oxygen atoms in total. The third-order valence-electron chi connectivity index (χ3n) is 6.47. The van der Waals surface area contributed by atoms with Gasteiger partial charge in [-0.2, -0.15) is 10.1 Å². The van der Waals surface area contributed by atoms with E-state index in [1.165, 1.54) is 5.56 Å². The Morgan fingerprint density at radius 2 is 1.97 bits per heavy atom. The van der Waals surface area contributed by atoms with Crippen LogP contribution in [-0.4, -0.2) is 40.9 Å². The molecule has 1 atom stereocenters. The fourth-order valence-corrected chi connectivity index (χ4v) is 5.48. The van der Waals surface area contributed by atoms with Crippen LogP contribution in [0.1, 0.15) is 29.7 Å². The van der Waals surface area contributed by atoms with Gasteiger partial charge in [0.2, 0.25) is 5.91 Å². The minimum atomic E-state index is -0.0380. The van der Waals surface area contributed by atoms with Crippen molar-refractivity contribution in [3.8, 4) is 11.4 Å². The SMILES string of the molecule is COc1ccc(-n2nc(C)c3sc(N4CCC[C@@H](C(=O)NCc5ccccc5C)C4)nc32)cc1. The first-order valence-corrected chi connectivity index (χ1v) is 12.4. The molecule has 4 aromatic rings. The maximum absolute atomic E-state index is 12.9.